The van der Waals surface area contributed by atoms with Crippen LogP contribution in [0.2, 0.25) is 0 Å². The summed E-state index contributed by atoms with van der Waals surface area (Å²) in [5.74, 6) is 3.31. The minimum atomic E-state index is -0.418. The molecule has 1 aromatic carbocycles. The Hall–Kier alpha value is -1.61. The van der Waals surface area contributed by atoms with Gasteiger partial charge in [-0.2, -0.15) is 0 Å². The van der Waals surface area contributed by atoms with Crippen LogP contribution in [-0.2, 0) is 22.4 Å². The first-order chi connectivity index (χ1) is 16.5. The molecule has 0 aliphatic heterocycles. The fourth-order valence-electron chi connectivity index (χ4n) is 7.90. The van der Waals surface area contributed by atoms with Gasteiger partial charge in [0.15, 0.2) is 0 Å². The molecule has 5 aliphatic rings. The molecule has 2 N–H and O–H groups in total. The highest BCUT2D eigenvalue weighted by Crippen LogP contribution is 2.60. The third-order valence-electron chi connectivity index (χ3n) is 9.61. The van der Waals surface area contributed by atoms with Crippen molar-refractivity contribution < 1.29 is 9.53 Å². The number of Topliss-reactive ketones (excluding diaryl/α,β-unsaturated/α-hetero) is 1. The quantitative estimate of drug-likeness (QED) is 0.310. The Kier molecular flexibility index (Phi) is 7.21. The van der Waals surface area contributed by atoms with E-state index in [1.165, 1.54) is 76.2 Å². The normalized spacial score (nSPS) is 30.4. The number of aryl methyl sites for hydroxylation is 1. The fourth-order valence-corrected chi connectivity index (χ4v) is 7.90. The number of rotatable bonds is 14. The smallest absolute Gasteiger partial charge is 0.149 e. The molecule has 0 unspecified atom stereocenters. The molecule has 3 nitrogen and oxygen atoms in total. The Bertz CT molecular complexity index is 831. The minimum Gasteiger partial charge on any atom is -0.402 e. The summed E-state index contributed by atoms with van der Waals surface area (Å²) in [6.07, 6.45) is 18.6. The number of nitrogens with two attached hydrogens (primary N) is 1. The minimum absolute atomic E-state index is 0.231. The van der Waals surface area contributed by atoms with Gasteiger partial charge in [0.05, 0.1) is 12.0 Å². The number of carbonyl (C=O) groups excluding carboxylic acids is 1. The van der Waals surface area contributed by atoms with Gasteiger partial charge in [0.25, 0.3) is 0 Å². The monoisotopic (exact) mass is 463 g/mol. The summed E-state index contributed by atoms with van der Waals surface area (Å²) in [5.41, 5.74) is 9.02. The molecule has 1 aromatic rings. The second-order valence-electron chi connectivity index (χ2n) is 12.5. The van der Waals surface area contributed by atoms with Crippen LogP contribution in [0.5, 0.6) is 0 Å². The van der Waals surface area contributed by atoms with Gasteiger partial charge in [-0.25, -0.2) is 0 Å². The van der Waals surface area contributed by atoms with Crippen LogP contribution >= 0.6 is 0 Å². The maximum Gasteiger partial charge on any atom is 0.149 e. The van der Waals surface area contributed by atoms with E-state index < -0.39 is 5.41 Å². The number of hydrogen-bond donors (Lipinski definition) is 1. The van der Waals surface area contributed by atoms with Gasteiger partial charge >= 0.3 is 0 Å². The maximum absolute atomic E-state index is 12.6. The van der Waals surface area contributed by atoms with E-state index in [-0.39, 0.29) is 5.78 Å². The molecule has 0 heterocycles. The summed E-state index contributed by atoms with van der Waals surface area (Å²) in [7, 11) is 0. The zero-order valence-corrected chi connectivity index (χ0v) is 21.2. The largest absolute Gasteiger partial charge is 0.402 e. The van der Waals surface area contributed by atoms with Crippen molar-refractivity contribution in [3.63, 3.8) is 0 Å². The molecule has 4 bridgehead atoms. The number of allylic oxidation sites excluding steroid dienone is 1. The lowest BCUT2D eigenvalue weighted by molar-refractivity contribution is -0.122. The summed E-state index contributed by atoms with van der Waals surface area (Å²) >= 11 is 0. The molecular formula is C31H45NO2. The van der Waals surface area contributed by atoms with Crippen LogP contribution in [0.4, 0.5) is 0 Å². The van der Waals surface area contributed by atoms with Gasteiger partial charge in [-0.1, -0.05) is 50.1 Å². The van der Waals surface area contributed by atoms with E-state index >= 15 is 0 Å². The van der Waals surface area contributed by atoms with Crippen molar-refractivity contribution in [2.45, 2.75) is 96.3 Å². The number of carbonyl (C=O) groups is 1. The molecule has 34 heavy (non-hydrogen) atoms. The molecule has 0 radical (unpaired) electrons. The van der Waals surface area contributed by atoms with Crippen LogP contribution in [0.25, 0.3) is 0 Å². The summed E-state index contributed by atoms with van der Waals surface area (Å²) < 4.78 is 6.24. The van der Waals surface area contributed by atoms with Crippen molar-refractivity contribution in [2.24, 2.45) is 34.3 Å². The number of benzene rings is 1. The van der Waals surface area contributed by atoms with E-state index in [0.717, 1.165) is 55.8 Å². The summed E-state index contributed by atoms with van der Waals surface area (Å²) in [6.45, 7) is 5.82. The molecular weight excluding hydrogens is 418 g/mol. The molecule has 0 amide bonds. The van der Waals surface area contributed by atoms with E-state index in [9.17, 15) is 4.79 Å². The van der Waals surface area contributed by atoms with Crippen LogP contribution < -0.4 is 5.73 Å². The molecule has 0 spiro atoms. The van der Waals surface area contributed by atoms with Crippen LogP contribution in [0, 0.1) is 28.6 Å². The Morgan fingerprint density at radius 2 is 1.44 bits per heavy atom. The average Bonchev–Trinajstić information content (AvgIpc) is 3.61. The number of ketones is 1. The van der Waals surface area contributed by atoms with E-state index in [0.29, 0.717) is 17.5 Å². The fraction of sp³-hybridized carbons (Fsp3) is 0.710. The highest BCUT2D eigenvalue weighted by molar-refractivity contribution is 5.91. The van der Waals surface area contributed by atoms with E-state index in [2.05, 4.69) is 30.8 Å². The molecule has 6 rings (SSSR count). The first-order valence-corrected chi connectivity index (χ1v) is 14.1. The van der Waals surface area contributed by atoms with Crippen molar-refractivity contribution in [1.29, 1.82) is 0 Å². The molecule has 5 aliphatic carbocycles. The highest BCUT2D eigenvalue weighted by atomic mass is 16.5. The van der Waals surface area contributed by atoms with E-state index in [1.54, 1.807) is 0 Å². The Balaban J connectivity index is 0.911. The zero-order chi connectivity index (χ0) is 23.6. The number of hydrogen-bond acceptors (Lipinski definition) is 3. The summed E-state index contributed by atoms with van der Waals surface area (Å²) in [4.78, 5) is 12.6. The maximum atomic E-state index is 12.6. The van der Waals surface area contributed by atoms with Crippen molar-refractivity contribution in [3.05, 3.63) is 47.7 Å². The van der Waals surface area contributed by atoms with Crippen molar-refractivity contribution in [3.8, 4) is 0 Å². The lowest BCUT2D eigenvalue weighted by Crippen LogP contribution is -2.48. The predicted octanol–water partition coefficient (Wildman–Crippen LogP) is 6.78. The van der Waals surface area contributed by atoms with Gasteiger partial charge in [0.1, 0.15) is 5.78 Å². The molecule has 5 fully saturated rings. The van der Waals surface area contributed by atoms with E-state index in [1.807, 2.05) is 0 Å². The number of ether oxygens (including phenoxy) is 1. The second kappa shape index (κ2) is 10.2. The number of unbranched alkanes of at least 4 members (excludes halogenated alkanes) is 4. The van der Waals surface area contributed by atoms with Gasteiger partial charge < -0.3 is 10.5 Å². The zero-order valence-electron chi connectivity index (χ0n) is 21.2. The van der Waals surface area contributed by atoms with Crippen molar-refractivity contribution in [2.75, 3.05) is 13.2 Å². The second-order valence-corrected chi connectivity index (χ2v) is 12.5. The van der Waals surface area contributed by atoms with Crippen LogP contribution in [0.3, 0.4) is 0 Å². The van der Waals surface area contributed by atoms with Crippen LogP contribution in [-0.4, -0.2) is 19.0 Å². The molecule has 186 valence electrons. The van der Waals surface area contributed by atoms with Gasteiger partial charge in [0, 0.05) is 18.7 Å². The first-order valence-electron chi connectivity index (χ1n) is 14.1. The average molecular weight is 464 g/mol. The van der Waals surface area contributed by atoms with Crippen LogP contribution in [0.1, 0.15) is 94.6 Å². The summed E-state index contributed by atoms with van der Waals surface area (Å²) in [6, 6.07) is 8.61. The summed E-state index contributed by atoms with van der Waals surface area (Å²) in [5, 5.41) is 0. The molecule has 0 aromatic heterocycles. The van der Waals surface area contributed by atoms with Crippen molar-refractivity contribution in [1.82, 2.24) is 0 Å². The predicted molar refractivity (Wildman–Crippen MR) is 138 cm³/mol. The third kappa shape index (κ3) is 5.45. The highest BCUT2D eigenvalue weighted by Gasteiger charge is 2.51. The standard InChI is InChI=1S/C31H45NO2/c1-23(32)31(12-13-31)29(33)18-25-10-8-24(9-11-25)7-5-3-2-4-6-14-34-22-30-19-26-15-27(20-30)17-28(16-26)21-30/h8-11,26-28H,1-7,12-22,32H2. The molecule has 3 heteroatoms. The Labute approximate surface area is 206 Å². The van der Waals surface area contributed by atoms with Crippen LogP contribution in [0.15, 0.2) is 36.5 Å². The first kappa shape index (κ1) is 24.1. The van der Waals surface area contributed by atoms with Gasteiger partial charge in [0.2, 0.25) is 0 Å². The molecule has 5 saturated carbocycles. The van der Waals surface area contributed by atoms with E-state index in [4.69, 9.17) is 10.5 Å². The Morgan fingerprint density at radius 1 is 0.882 bits per heavy atom. The van der Waals surface area contributed by atoms with Gasteiger partial charge in [-0.3, -0.25) is 4.79 Å². The third-order valence-corrected chi connectivity index (χ3v) is 9.61. The van der Waals surface area contributed by atoms with Crippen molar-refractivity contribution >= 4 is 5.78 Å². The SMILES string of the molecule is C=C(N)C1(C(=O)Cc2ccc(CCCCCCCOCC34CC5CC(CC(C5)C3)C4)cc2)CC1. The Morgan fingerprint density at radius 3 is 2.03 bits per heavy atom. The van der Waals surface area contributed by atoms with Gasteiger partial charge in [-0.05, 0) is 105 Å². The molecule has 0 atom stereocenters. The lowest BCUT2D eigenvalue weighted by atomic mass is 9.50. The molecule has 0 saturated heterocycles. The topological polar surface area (TPSA) is 52.3 Å². The van der Waals surface area contributed by atoms with Gasteiger partial charge in [-0.15, -0.1) is 0 Å². The lowest BCUT2D eigenvalue weighted by Gasteiger charge is -2.56.